The van der Waals surface area contributed by atoms with E-state index in [0.717, 1.165) is 23.1 Å². The molecule has 146 valence electrons. The highest BCUT2D eigenvalue weighted by molar-refractivity contribution is 9.10. The van der Waals surface area contributed by atoms with Gasteiger partial charge in [0.25, 0.3) is 5.91 Å². The molecular weight excluding hydrogens is 412 g/mol. The van der Waals surface area contributed by atoms with Crippen molar-refractivity contribution in [1.29, 1.82) is 0 Å². The Bertz CT molecular complexity index is 903. The van der Waals surface area contributed by atoms with Gasteiger partial charge in [0, 0.05) is 36.6 Å². The molecule has 1 saturated heterocycles. The van der Waals surface area contributed by atoms with Crippen molar-refractivity contribution in [1.82, 2.24) is 19.2 Å². The molecule has 0 saturated carbocycles. The number of hydrogen-bond acceptors (Lipinski definition) is 4. The van der Waals surface area contributed by atoms with Crippen molar-refractivity contribution in [3.05, 3.63) is 44.5 Å². The molecule has 1 aromatic carbocycles. The number of aryl methyl sites for hydroxylation is 1. The Hall–Kier alpha value is -2.09. The first-order chi connectivity index (χ1) is 12.8. The fourth-order valence-electron chi connectivity index (χ4n) is 3.60. The minimum atomic E-state index is -0.112. The van der Waals surface area contributed by atoms with Crippen molar-refractivity contribution in [2.24, 2.45) is 7.05 Å². The van der Waals surface area contributed by atoms with E-state index in [1.54, 1.807) is 24.8 Å². The highest BCUT2D eigenvalue weighted by Gasteiger charge is 2.31. The second-order valence-electron chi connectivity index (χ2n) is 7.16. The molecule has 0 aliphatic carbocycles. The number of methoxy groups -OCH3 is 1. The summed E-state index contributed by atoms with van der Waals surface area (Å²) in [5.41, 5.74) is 0.469. The molecule has 1 unspecified atom stereocenters. The molecule has 1 aliphatic heterocycles. The van der Waals surface area contributed by atoms with Gasteiger partial charge >= 0.3 is 5.69 Å². The fourth-order valence-corrected chi connectivity index (χ4v) is 4.02. The zero-order chi connectivity index (χ0) is 19.7. The summed E-state index contributed by atoms with van der Waals surface area (Å²) < 4.78 is 9.12. The van der Waals surface area contributed by atoms with Gasteiger partial charge in [0.05, 0.1) is 12.7 Å². The summed E-state index contributed by atoms with van der Waals surface area (Å²) in [6.45, 7) is 5.20. The number of hydrogen-bond donors (Lipinski definition) is 0. The van der Waals surface area contributed by atoms with E-state index in [0.29, 0.717) is 24.4 Å². The van der Waals surface area contributed by atoms with E-state index in [2.05, 4.69) is 21.0 Å². The van der Waals surface area contributed by atoms with Crippen LogP contribution in [0.2, 0.25) is 0 Å². The summed E-state index contributed by atoms with van der Waals surface area (Å²) in [7, 11) is 3.25. The molecule has 0 N–H and O–H groups in total. The summed E-state index contributed by atoms with van der Waals surface area (Å²) >= 11 is 3.47. The highest BCUT2D eigenvalue weighted by Crippen LogP contribution is 2.29. The van der Waals surface area contributed by atoms with E-state index in [1.807, 2.05) is 30.9 Å². The minimum Gasteiger partial charge on any atom is -0.497 e. The normalized spacial score (nSPS) is 17.4. The molecule has 1 aromatic heterocycles. The fraction of sp³-hybridized carbons (Fsp3) is 0.526. The van der Waals surface area contributed by atoms with Gasteiger partial charge in [-0.3, -0.25) is 9.36 Å². The Kier molecular flexibility index (Phi) is 5.74. The number of nitrogens with zero attached hydrogens (tertiary/aromatic N) is 4. The van der Waals surface area contributed by atoms with Crippen molar-refractivity contribution in [2.75, 3.05) is 20.2 Å². The number of carbonyl (C=O) groups is 1. The smallest absolute Gasteiger partial charge is 0.345 e. The predicted molar refractivity (Wildman–Crippen MR) is 106 cm³/mol. The SMILES string of the molecule is COc1ccc(Br)c(C(=O)N2CCCC(c3nn(C)c(=O)n3C(C)C)C2)c1. The monoisotopic (exact) mass is 436 g/mol. The van der Waals surface area contributed by atoms with Crippen molar-refractivity contribution in [3.8, 4) is 5.75 Å². The molecule has 8 heteroatoms. The Balaban J connectivity index is 1.88. The molecule has 1 atom stereocenters. The zero-order valence-corrected chi connectivity index (χ0v) is 17.7. The average Bonchev–Trinajstić information content (AvgIpc) is 2.97. The number of likely N-dealkylation sites (tertiary alicyclic amines) is 1. The molecule has 1 aliphatic rings. The van der Waals surface area contributed by atoms with Crippen LogP contribution in [-0.4, -0.2) is 45.4 Å². The van der Waals surface area contributed by atoms with Gasteiger partial charge in [-0.2, -0.15) is 5.10 Å². The predicted octanol–water partition coefficient (Wildman–Crippen LogP) is 2.95. The van der Waals surface area contributed by atoms with Crippen molar-refractivity contribution < 1.29 is 9.53 Å². The second-order valence-corrected chi connectivity index (χ2v) is 8.02. The van der Waals surface area contributed by atoms with E-state index < -0.39 is 0 Å². The molecule has 0 radical (unpaired) electrons. The first kappa shape index (κ1) is 19.7. The van der Waals surface area contributed by atoms with Crippen LogP contribution in [0.25, 0.3) is 0 Å². The van der Waals surface area contributed by atoms with Crippen LogP contribution in [0, 0.1) is 0 Å². The molecule has 2 aromatic rings. The molecule has 0 spiro atoms. The molecule has 3 rings (SSSR count). The highest BCUT2D eigenvalue weighted by atomic mass is 79.9. The van der Waals surface area contributed by atoms with E-state index in [9.17, 15) is 9.59 Å². The topological polar surface area (TPSA) is 69.4 Å². The number of rotatable bonds is 4. The molecule has 27 heavy (non-hydrogen) atoms. The number of halogens is 1. The van der Waals surface area contributed by atoms with Crippen LogP contribution in [0.4, 0.5) is 0 Å². The first-order valence-electron chi connectivity index (χ1n) is 9.11. The lowest BCUT2D eigenvalue weighted by atomic mass is 9.96. The zero-order valence-electron chi connectivity index (χ0n) is 16.1. The van der Waals surface area contributed by atoms with Crippen molar-refractivity contribution in [2.45, 2.75) is 38.6 Å². The molecule has 2 heterocycles. The molecule has 7 nitrogen and oxygen atoms in total. The maximum absolute atomic E-state index is 13.1. The second kappa shape index (κ2) is 7.88. The van der Waals surface area contributed by atoms with Gasteiger partial charge in [0.2, 0.25) is 0 Å². The van der Waals surface area contributed by atoms with Crippen LogP contribution in [0.3, 0.4) is 0 Å². The number of carbonyl (C=O) groups excluding carboxylic acids is 1. The maximum Gasteiger partial charge on any atom is 0.345 e. The number of aromatic nitrogens is 3. The largest absolute Gasteiger partial charge is 0.497 e. The average molecular weight is 437 g/mol. The van der Waals surface area contributed by atoms with Gasteiger partial charge in [-0.25, -0.2) is 9.48 Å². The lowest BCUT2D eigenvalue weighted by Gasteiger charge is -2.33. The van der Waals surface area contributed by atoms with Crippen LogP contribution < -0.4 is 10.4 Å². The van der Waals surface area contributed by atoms with Crippen LogP contribution in [-0.2, 0) is 7.05 Å². The van der Waals surface area contributed by atoms with E-state index in [-0.39, 0.29) is 23.6 Å². The molecular formula is C19H25BrN4O3. The quantitative estimate of drug-likeness (QED) is 0.738. The van der Waals surface area contributed by atoms with Crippen LogP contribution >= 0.6 is 15.9 Å². The van der Waals surface area contributed by atoms with Crippen LogP contribution in [0.1, 0.15) is 54.8 Å². The number of amides is 1. The third-order valence-corrected chi connectivity index (χ3v) is 5.67. The van der Waals surface area contributed by atoms with E-state index in [4.69, 9.17) is 4.74 Å². The summed E-state index contributed by atoms with van der Waals surface area (Å²) in [6.07, 6.45) is 1.78. The summed E-state index contributed by atoms with van der Waals surface area (Å²) in [5.74, 6) is 1.41. The van der Waals surface area contributed by atoms with Crippen LogP contribution in [0.5, 0.6) is 5.75 Å². The number of piperidine rings is 1. The standard InChI is InChI=1S/C19H25BrN4O3/c1-12(2)24-17(21-22(3)19(24)26)13-6-5-9-23(11-13)18(25)15-10-14(27-4)7-8-16(15)20/h7-8,10,12-13H,5-6,9,11H2,1-4H3. The number of ether oxygens (including phenoxy) is 1. The summed E-state index contributed by atoms with van der Waals surface area (Å²) in [5, 5.41) is 4.47. The lowest BCUT2D eigenvalue weighted by Crippen LogP contribution is -2.40. The summed E-state index contributed by atoms with van der Waals surface area (Å²) in [6, 6.07) is 5.42. The van der Waals surface area contributed by atoms with Gasteiger partial charge in [0.1, 0.15) is 11.6 Å². The Labute approximate surface area is 167 Å². The minimum absolute atomic E-state index is 0.0276. The maximum atomic E-state index is 13.1. The Morgan fingerprint density at radius 2 is 2.11 bits per heavy atom. The third kappa shape index (κ3) is 3.81. The summed E-state index contributed by atoms with van der Waals surface area (Å²) in [4.78, 5) is 27.3. The van der Waals surface area contributed by atoms with E-state index in [1.165, 1.54) is 4.68 Å². The van der Waals surface area contributed by atoms with Crippen LogP contribution in [0.15, 0.2) is 27.5 Å². The van der Waals surface area contributed by atoms with Gasteiger partial charge in [0.15, 0.2) is 0 Å². The molecule has 1 fully saturated rings. The molecule has 1 amide bonds. The van der Waals surface area contributed by atoms with Gasteiger partial charge in [-0.15, -0.1) is 0 Å². The van der Waals surface area contributed by atoms with Gasteiger partial charge < -0.3 is 9.64 Å². The van der Waals surface area contributed by atoms with Crippen molar-refractivity contribution >= 4 is 21.8 Å². The molecule has 0 bridgehead atoms. The lowest BCUT2D eigenvalue weighted by molar-refractivity contribution is 0.0701. The van der Waals surface area contributed by atoms with Gasteiger partial charge in [-0.05, 0) is 60.8 Å². The van der Waals surface area contributed by atoms with E-state index >= 15 is 0 Å². The van der Waals surface area contributed by atoms with Gasteiger partial charge in [-0.1, -0.05) is 0 Å². The Morgan fingerprint density at radius 3 is 2.78 bits per heavy atom. The third-order valence-electron chi connectivity index (χ3n) is 4.98. The first-order valence-corrected chi connectivity index (χ1v) is 9.91. The number of benzene rings is 1. The van der Waals surface area contributed by atoms with Crippen molar-refractivity contribution in [3.63, 3.8) is 0 Å². The Morgan fingerprint density at radius 1 is 1.37 bits per heavy atom.